The molecule has 2 aliphatic rings. The number of hydrogen-bond acceptors (Lipinski definition) is 4. The van der Waals surface area contributed by atoms with Crippen molar-refractivity contribution in [2.45, 2.75) is 37.1 Å². The molecule has 29 heavy (non-hydrogen) atoms. The average Bonchev–Trinajstić information content (AvgIpc) is 3.47. The number of anilines is 1. The predicted molar refractivity (Wildman–Crippen MR) is 113 cm³/mol. The van der Waals surface area contributed by atoms with Crippen LogP contribution in [0.3, 0.4) is 0 Å². The number of carbonyl (C=O) groups is 1. The Labute approximate surface area is 172 Å². The minimum atomic E-state index is -3.62. The van der Waals surface area contributed by atoms with Crippen molar-refractivity contribution in [3.63, 3.8) is 0 Å². The monoisotopic (exact) mass is 413 g/mol. The summed E-state index contributed by atoms with van der Waals surface area (Å²) in [7, 11) is -3.62. The van der Waals surface area contributed by atoms with Gasteiger partial charge in [0, 0.05) is 38.3 Å². The van der Waals surface area contributed by atoms with Gasteiger partial charge in [-0.15, -0.1) is 0 Å². The van der Waals surface area contributed by atoms with Gasteiger partial charge < -0.3 is 10.2 Å². The lowest BCUT2D eigenvalue weighted by Gasteiger charge is -2.24. The van der Waals surface area contributed by atoms with E-state index in [0.717, 1.165) is 44.3 Å². The highest BCUT2D eigenvalue weighted by Crippen LogP contribution is 2.32. The van der Waals surface area contributed by atoms with Crippen LogP contribution in [0.4, 0.5) is 5.69 Å². The van der Waals surface area contributed by atoms with E-state index in [0.29, 0.717) is 30.9 Å². The first kappa shape index (κ1) is 19.9. The summed E-state index contributed by atoms with van der Waals surface area (Å²) in [6.45, 7) is 3.20. The lowest BCUT2D eigenvalue weighted by molar-refractivity contribution is 0.0950. The van der Waals surface area contributed by atoms with Gasteiger partial charge in [0.25, 0.3) is 5.91 Å². The highest BCUT2D eigenvalue weighted by atomic mass is 32.2. The molecule has 2 aliphatic heterocycles. The molecule has 0 radical (unpaired) electrons. The predicted octanol–water partition coefficient (Wildman–Crippen LogP) is 3.00. The van der Waals surface area contributed by atoms with Gasteiger partial charge in [0.05, 0.1) is 5.69 Å². The van der Waals surface area contributed by atoms with Gasteiger partial charge in [-0.1, -0.05) is 30.3 Å². The van der Waals surface area contributed by atoms with Crippen molar-refractivity contribution in [1.82, 2.24) is 9.62 Å². The number of nitrogens with one attached hydrogen (secondary N) is 1. The van der Waals surface area contributed by atoms with E-state index in [1.54, 1.807) is 22.5 Å². The third kappa shape index (κ3) is 4.31. The summed E-state index contributed by atoms with van der Waals surface area (Å²) in [5.41, 5.74) is 2.09. The number of rotatable bonds is 6. The smallest absolute Gasteiger partial charge is 0.251 e. The lowest BCUT2D eigenvalue weighted by atomic mass is 10.1. The summed E-state index contributed by atoms with van der Waals surface area (Å²) >= 11 is 0. The van der Waals surface area contributed by atoms with Crippen LogP contribution in [0.25, 0.3) is 0 Å². The molecular formula is C22H27N3O3S. The maximum atomic E-state index is 13.3. The van der Waals surface area contributed by atoms with Crippen LogP contribution in [0.5, 0.6) is 0 Å². The highest BCUT2D eigenvalue weighted by Gasteiger charge is 2.32. The summed E-state index contributed by atoms with van der Waals surface area (Å²) in [5.74, 6) is -0.264. The zero-order chi connectivity index (χ0) is 20.3. The second kappa shape index (κ2) is 8.55. The van der Waals surface area contributed by atoms with Gasteiger partial charge in [0.15, 0.2) is 0 Å². The Morgan fingerprint density at radius 1 is 0.897 bits per heavy atom. The third-order valence-corrected chi connectivity index (χ3v) is 7.58. The summed E-state index contributed by atoms with van der Waals surface area (Å²) < 4.78 is 28.2. The fourth-order valence-corrected chi connectivity index (χ4v) is 5.78. The maximum absolute atomic E-state index is 13.3. The first-order chi connectivity index (χ1) is 14.1. The van der Waals surface area contributed by atoms with Crippen LogP contribution in [0, 0.1) is 0 Å². The molecule has 2 aromatic carbocycles. The van der Waals surface area contributed by atoms with Crippen molar-refractivity contribution in [1.29, 1.82) is 0 Å². The van der Waals surface area contributed by atoms with Crippen molar-refractivity contribution in [3.8, 4) is 0 Å². The molecule has 154 valence electrons. The van der Waals surface area contributed by atoms with Crippen LogP contribution >= 0.6 is 0 Å². The zero-order valence-corrected chi connectivity index (χ0v) is 17.3. The maximum Gasteiger partial charge on any atom is 0.251 e. The van der Waals surface area contributed by atoms with Crippen molar-refractivity contribution in [2.75, 3.05) is 31.1 Å². The van der Waals surface area contributed by atoms with Gasteiger partial charge in [-0.25, -0.2) is 8.42 Å². The zero-order valence-electron chi connectivity index (χ0n) is 16.5. The fraction of sp³-hybridized carbons (Fsp3) is 0.409. The molecule has 1 amide bonds. The van der Waals surface area contributed by atoms with Crippen molar-refractivity contribution >= 4 is 21.6 Å². The molecule has 6 nitrogen and oxygen atoms in total. The second-order valence-corrected chi connectivity index (χ2v) is 9.56. The Kier molecular flexibility index (Phi) is 5.87. The van der Waals surface area contributed by atoms with E-state index < -0.39 is 10.0 Å². The quantitative estimate of drug-likeness (QED) is 0.790. The molecule has 2 fully saturated rings. The number of amides is 1. The third-order valence-electron chi connectivity index (χ3n) is 5.65. The van der Waals surface area contributed by atoms with Gasteiger partial charge in [-0.3, -0.25) is 4.79 Å². The van der Waals surface area contributed by atoms with E-state index in [2.05, 4.69) is 10.2 Å². The molecule has 1 N–H and O–H groups in total. The Morgan fingerprint density at radius 2 is 1.55 bits per heavy atom. The van der Waals surface area contributed by atoms with Crippen molar-refractivity contribution < 1.29 is 13.2 Å². The first-order valence-electron chi connectivity index (χ1n) is 10.3. The number of carbonyl (C=O) groups excluding carboxylic acids is 1. The molecule has 2 heterocycles. The van der Waals surface area contributed by atoms with Gasteiger partial charge in [0.1, 0.15) is 4.90 Å². The molecule has 0 aromatic heterocycles. The molecular weight excluding hydrogens is 386 g/mol. The van der Waals surface area contributed by atoms with Crippen LogP contribution in [-0.2, 0) is 16.6 Å². The van der Waals surface area contributed by atoms with E-state index >= 15 is 0 Å². The van der Waals surface area contributed by atoms with E-state index in [9.17, 15) is 13.2 Å². The van der Waals surface area contributed by atoms with Crippen LogP contribution < -0.4 is 10.2 Å². The summed E-state index contributed by atoms with van der Waals surface area (Å²) in [6, 6.07) is 14.8. The lowest BCUT2D eigenvalue weighted by Crippen LogP contribution is -2.31. The Balaban J connectivity index is 1.63. The topological polar surface area (TPSA) is 69.7 Å². The first-order valence-corrected chi connectivity index (χ1v) is 11.7. The molecule has 2 aromatic rings. The fourth-order valence-electron chi connectivity index (χ4n) is 4.03. The minimum Gasteiger partial charge on any atom is -0.370 e. The molecule has 0 spiro atoms. The van der Waals surface area contributed by atoms with E-state index in [4.69, 9.17) is 0 Å². The molecule has 0 bridgehead atoms. The van der Waals surface area contributed by atoms with Gasteiger partial charge >= 0.3 is 0 Å². The van der Waals surface area contributed by atoms with Crippen LogP contribution in [0.1, 0.15) is 41.6 Å². The molecule has 0 saturated carbocycles. The summed E-state index contributed by atoms with van der Waals surface area (Å²) in [5, 5.41) is 2.89. The van der Waals surface area contributed by atoms with E-state index in [-0.39, 0.29) is 10.8 Å². The van der Waals surface area contributed by atoms with E-state index in [1.807, 2.05) is 30.3 Å². The van der Waals surface area contributed by atoms with Crippen LogP contribution in [0.2, 0.25) is 0 Å². The largest absolute Gasteiger partial charge is 0.370 e. The van der Waals surface area contributed by atoms with Crippen LogP contribution in [-0.4, -0.2) is 44.8 Å². The van der Waals surface area contributed by atoms with Gasteiger partial charge in [-0.05, 0) is 49.4 Å². The molecule has 0 atom stereocenters. The molecule has 4 rings (SSSR count). The van der Waals surface area contributed by atoms with Crippen molar-refractivity contribution in [2.24, 2.45) is 0 Å². The molecule has 7 heteroatoms. The average molecular weight is 414 g/mol. The second-order valence-electron chi connectivity index (χ2n) is 7.66. The number of benzene rings is 2. The molecule has 0 unspecified atom stereocenters. The van der Waals surface area contributed by atoms with E-state index in [1.165, 1.54) is 0 Å². The summed E-state index contributed by atoms with van der Waals surface area (Å²) in [4.78, 5) is 15.1. The number of hydrogen-bond donors (Lipinski definition) is 1. The molecule has 2 saturated heterocycles. The summed E-state index contributed by atoms with van der Waals surface area (Å²) in [6.07, 6.45) is 3.89. The molecule has 0 aliphatic carbocycles. The normalized spacial score (nSPS) is 17.6. The van der Waals surface area contributed by atoms with Crippen molar-refractivity contribution in [3.05, 3.63) is 59.7 Å². The Bertz CT molecular complexity index is 964. The minimum absolute atomic E-state index is 0.258. The number of sulfonamides is 1. The van der Waals surface area contributed by atoms with Gasteiger partial charge in [-0.2, -0.15) is 4.31 Å². The SMILES string of the molecule is O=C(NCc1ccccc1)c1ccc(N2CCCC2)c(S(=O)(=O)N2CCCC2)c1. The Hall–Kier alpha value is -2.38. The van der Waals surface area contributed by atoms with Crippen LogP contribution in [0.15, 0.2) is 53.4 Å². The highest BCUT2D eigenvalue weighted by molar-refractivity contribution is 7.89. The number of nitrogens with zero attached hydrogens (tertiary/aromatic N) is 2. The van der Waals surface area contributed by atoms with Gasteiger partial charge in [0.2, 0.25) is 10.0 Å². The Morgan fingerprint density at radius 3 is 2.24 bits per heavy atom. The standard InChI is InChI=1S/C22H27N3O3S/c26-22(23-17-18-8-2-1-3-9-18)19-10-11-20(24-12-4-5-13-24)21(16-19)29(27,28)25-14-6-7-15-25/h1-3,8-11,16H,4-7,12-15,17H2,(H,23,26).